The number of nitrogens with one attached hydrogen (secondary N) is 2. The molecule has 3 rings (SSSR count). The number of halogens is 2. The molecule has 0 bridgehead atoms. The van der Waals surface area contributed by atoms with Crippen LogP contribution in [-0.2, 0) is 11.2 Å². The Balaban J connectivity index is 1.58. The van der Waals surface area contributed by atoms with Gasteiger partial charge in [-0.2, -0.15) is 0 Å². The van der Waals surface area contributed by atoms with Crippen molar-refractivity contribution in [3.05, 3.63) is 58.3 Å². The number of aromatic amines is 1. The minimum absolute atomic E-state index is 0.0849. The first kappa shape index (κ1) is 18.6. The number of carbonyl (C=O) groups is 1. The summed E-state index contributed by atoms with van der Waals surface area (Å²) in [5.74, 6) is -0.0838. The van der Waals surface area contributed by atoms with Crippen LogP contribution in [-0.4, -0.2) is 26.8 Å². The summed E-state index contributed by atoms with van der Waals surface area (Å²) in [7, 11) is 0. The molecule has 0 aliphatic heterocycles. The third-order valence-corrected chi connectivity index (χ3v) is 4.98. The normalized spacial score (nSPS) is 10.7. The van der Waals surface area contributed by atoms with Gasteiger partial charge >= 0.3 is 0 Å². The van der Waals surface area contributed by atoms with Crippen LogP contribution < -0.4 is 5.32 Å². The number of aromatic nitrogens is 3. The van der Waals surface area contributed by atoms with Crippen molar-refractivity contribution in [3.8, 4) is 11.4 Å². The lowest BCUT2D eigenvalue weighted by atomic mass is 10.1. The van der Waals surface area contributed by atoms with Crippen LogP contribution in [0.1, 0.15) is 12.5 Å². The van der Waals surface area contributed by atoms with Crippen LogP contribution in [0.3, 0.4) is 0 Å². The number of nitrogens with zero attached hydrogens (tertiary/aromatic N) is 2. The molecule has 2 aromatic carbocycles. The molecular formula is C18H16BrFN4OS. The van der Waals surface area contributed by atoms with E-state index in [2.05, 4.69) is 43.4 Å². The summed E-state index contributed by atoms with van der Waals surface area (Å²) in [6.07, 6.45) is 0.978. The summed E-state index contributed by atoms with van der Waals surface area (Å²) in [6, 6.07) is 12.5. The Morgan fingerprint density at radius 1 is 1.27 bits per heavy atom. The smallest absolute Gasteiger partial charge is 0.234 e. The van der Waals surface area contributed by atoms with E-state index in [9.17, 15) is 9.18 Å². The molecule has 134 valence electrons. The van der Waals surface area contributed by atoms with Gasteiger partial charge in [-0.05, 0) is 30.2 Å². The van der Waals surface area contributed by atoms with Crippen molar-refractivity contribution < 1.29 is 9.18 Å². The maximum Gasteiger partial charge on any atom is 0.234 e. The van der Waals surface area contributed by atoms with Gasteiger partial charge in [0.2, 0.25) is 11.1 Å². The predicted molar refractivity (Wildman–Crippen MR) is 105 cm³/mol. The summed E-state index contributed by atoms with van der Waals surface area (Å²) < 4.78 is 14.4. The van der Waals surface area contributed by atoms with Crippen LogP contribution in [0.15, 0.2) is 52.1 Å². The van der Waals surface area contributed by atoms with Crippen molar-refractivity contribution in [1.82, 2.24) is 15.2 Å². The third kappa shape index (κ3) is 4.70. The number of H-pyrrole nitrogens is 1. The molecule has 0 atom stereocenters. The fourth-order valence-corrected chi connectivity index (χ4v) is 3.18. The Morgan fingerprint density at radius 2 is 2.04 bits per heavy atom. The molecule has 0 spiro atoms. The van der Waals surface area contributed by atoms with Gasteiger partial charge in [-0.15, -0.1) is 5.10 Å². The SMILES string of the molecule is CCc1ccc(-c2nc(SCC(=O)Nc3ccc(Br)cc3F)n[nH]2)cc1. The minimum Gasteiger partial charge on any atom is -0.323 e. The van der Waals surface area contributed by atoms with E-state index in [0.717, 1.165) is 12.0 Å². The number of anilines is 1. The molecule has 5 nitrogen and oxygen atoms in total. The molecule has 0 radical (unpaired) electrons. The van der Waals surface area contributed by atoms with E-state index in [1.54, 1.807) is 6.07 Å². The zero-order chi connectivity index (χ0) is 18.5. The molecule has 0 saturated heterocycles. The Kier molecular flexibility index (Phi) is 6.05. The summed E-state index contributed by atoms with van der Waals surface area (Å²) >= 11 is 4.36. The monoisotopic (exact) mass is 434 g/mol. The first-order valence-electron chi connectivity index (χ1n) is 7.94. The van der Waals surface area contributed by atoms with Crippen molar-refractivity contribution >= 4 is 39.3 Å². The van der Waals surface area contributed by atoms with Gasteiger partial charge in [0, 0.05) is 10.0 Å². The molecule has 1 aromatic heterocycles. The van der Waals surface area contributed by atoms with Gasteiger partial charge in [-0.1, -0.05) is 58.9 Å². The van der Waals surface area contributed by atoms with Crippen LogP contribution in [0.5, 0.6) is 0 Å². The molecule has 3 aromatic rings. The fourth-order valence-electron chi connectivity index (χ4n) is 2.25. The van der Waals surface area contributed by atoms with Crippen molar-refractivity contribution in [1.29, 1.82) is 0 Å². The van der Waals surface area contributed by atoms with Crippen LogP contribution >= 0.6 is 27.7 Å². The van der Waals surface area contributed by atoms with Gasteiger partial charge in [-0.3, -0.25) is 9.89 Å². The Hall–Kier alpha value is -2.19. The second kappa shape index (κ2) is 8.46. The molecule has 0 fully saturated rings. The van der Waals surface area contributed by atoms with Crippen molar-refractivity contribution in [3.63, 3.8) is 0 Å². The Labute approximate surface area is 162 Å². The van der Waals surface area contributed by atoms with E-state index in [4.69, 9.17) is 0 Å². The highest BCUT2D eigenvalue weighted by molar-refractivity contribution is 9.10. The first-order valence-corrected chi connectivity index (χ1v) is 9.72. The Bertz CT molecular complexity index is 914. The Morgan fingerprint density at radius 3 is 2.73 bits per heavy atom. The molecule has 0 aliphatic carbocycles. The second-order valence-corrected chi connectivity index (χ2v) is 7.34. The number of amides is 1. The van der Waals surface area contributed by atoms with Gasteiger partial charge in [0.25, 0.3) is 0 Å². The zero-order valence-corrected chi connectivity index (χ0v) is 16.3. The van der Waals surface area contributed by atoms with Gasteiger partial charge in [0.15, 0.2) is 5.82 Å². The molecule has 2 N–H and O–H groups in total. The average Bonchev–Trinajstić information content (AvgIpc) is 3.11. The standard InChI is InChI=1S/C18H16BrFN4OS/c1-2-11-3-5-12(6-4-11)17-22-18(24-23-17)26-10-16(25)21-15-8-7-13(19)9-14(15)20/h3-9H,2,10H2,1H3,(H,21,25)(H,22,23,24). The minimum atomic E-state index is -0.492. The van der Waals surface area contributed by atoms with Gasteiger partial charge < -0.3 is 5.32 Å². The number of carbonyl (C=O) groups excluding carboxylic acids is 1. The molecule has 1 heterocycles. The highest BCUT2D eigenvalue weighted by atomic mass is 79.9. The maximum absolute atomic E-state index is 13.7. The van der Waals surface area contributed by atoms with E-state index in [1.807, 2.05) is 24.3 Å². The number of aryl methyl sites for hydroxylation is 1. The average molecular weight is 435 g/mol. The summed E-state index contributed by atoms with van der Waals surface area (Å²) in [4.78, 5) is 16.4. The van der Waals surface area contributed by atoms with Crippen molar-refractivity contribution in [2.45, 2.75) is 18.5 Å². The summed E-state index contributed by atoms with van der Waals surface area (Å²) in [5.41, 5.74) is 2.33. The molecule has 1 amide bonds. The molecule has 0 unspecified atom stereocenters. The van der Waals surface area contributed by atoms with Crippen molar-refractivity contribution in [2.24, 2.45) is 0 Å². The quantitative estimate of drug-likeness (QED) is 0.553. The van der Waals surface area contributed by atoms with E-state index in [-0.39, 0.29) is 17.3 Å². The van der Waals surface area contributed by atoms with E-state index in [0.29, 0.717) is 15.5 Å². The summed E-state index contributed by atoms with van der Waals surface area (Å²) in [6.45, 7) is 2.10. The lowest BCUT2D eigenvalue weighted by molar-refractivity contribution is -0.113. The zero-order valence-electron chi connectivity index (χ0n) is 13.9. The predicted octanol–water partition coefficient (Wildman–Crippen LogP) is 4.67. The van der Waals surface area contributed by atoms with E-state index in [1.165, 1.54) is 29.5 Å². The van der Waals surface area contributed by atoms with Crippen LogP contribution in [0.2, 0.25) is 0 Å². The number of hydrogen-bond donors (Lipinski definition) is 2. The number of hydrogen-bond acceptors (Lipinski definition) is 4. The van der Waals surface area contributed by atoms with Crippen LogP contribution in [0.25, 0.3) is 11.4 Å². The molecular weight excluding hydrogens is 419 g/mol. The number of benzene rings is 2. The first-order chi connectivity index (χ1) is 12.5. The highest BCUT2D eigenvalue weighted by Crippen LogP contribution is 2.22. The van der Waals surface area contributed by atoms with E-state index < -0.39 is 5.82 Å². The van der Waals surface area contributed by atoms with Crippen LogP contribution in [0, 0.1) is 5.82 Å². The fraction of sp³-hybridized carbons (Fsp3) is 0.167. The third-order valence-electron chi connectivity index (χ3n) is 3.64. The molecule has 0 saturated carbocycles. The lowest BCUT2D eigenvalue weighted by Gasteiger charge is -2.05. The second-order valence-electron chi connectivity index (χ2n) is 5.48. The van der Waals surface area contributed by atoms with Gasteiger partial charge in [0.05, 0.1) is 11.4 Å². The topological polar surface area (TPSA) is 70.7 Å². The van der Waals surface area contributed by atoms with Gasteiger partial charge in [-0.25, -0.2) is 9.37 Å². The molecule has 0 aliphatic rings. The largest absolute Gasteiger partial charge is 0.323 e. The van der Waals surface area contributed by atoms with E-state index >= 15 is 0 Å². The van der Waals surface area contributed by atoms with Gasteiger partial charge in [0.1, 0.15) is 5.82 Å². The molecule has 8 heteroatoms. The maximum atomic E-state index is 13.7. The number of rotatable bonds is 6. The van der Waals surface area contributed by atoms with Crippen LogP contribution in [0.4, 0.5) is 10.1 Å². The molecule has 26 heavy (non-hydrogen) atoms. The van der Waals surface area contributed by atoms with Crippen molar-refractivity contribution in [2.75, 3.05) is 11.1 Å². The highest BCUT2D eigenvalue weighted by Gasteiger charge is 2.11. The lowest BCUT2D eigenvalue weighted by Crippen LogP contribution is -2.15. The number of thioether (sulfide) groups is 1. The summed E-state index contributed by atoms with van der Waals surface area (Å²) in [5, 5.41) is 9.98.